The van der Waals surface area contributed by atoms with Crippen LogP contribution in [0.25, 0.3) is 0 Å². The van der Waals surface area contributed by atoms with Gasteiger partial charge in [0.1, 0.15) is 0 Å². The molecule has 0 radical (unpaired) electrons. The average molecular weight is 156 g/mol. The molecule has 64 valence electrons. The van der Waals surface area contributed by atoms with Crippen molar-refractivity contribution in [3.05, 3.63) is 11.6 Å². The van der Waals surface area contributed by atoms with Crippen molar-refractivity contribution in [2.75, 3.05) is 13.2 Å². The molecule has 1 unspecified atom stereocenters. The van der Waals surface area contributed by atoms with Crippen molar-refractivity contribution in [1.29, 1.82) is 0 Å². The van der Waals surface area contributed by atoms with Crippen molar-refractivity contribution in [1.82, 2.24) is 0 Å². The monoisotopic (exact) mass is 156 g/mol. The number of ether oxygens (including phenoxy) is 1. The maximum absolute atomic E-state index is 9.12. The fourth-order valence-corrected chi connectivity index (χ4v) is 1.24. The number of aliphatic hydroxyl groups excluding tert-OH is 1. The maximum atomic E-state index is 9.12. The first-order chi connectivity index (χ1) is 5.33. The van der Waals surface area contributed by atoms with Crippen molar-refractivity contribution in [2.24, 2.45) is 0 Å². The van der Waals surface area contributed by atoms with Crippen LogP contribution in [0.3, 0.4) is 0 Å². The van der Waals surface area contributed by atoms with Crippen molar-refractivity contribution in [2.45, 2.75) is 32.3 Å². The summed E-state index contributed by atoms with van der Waals surface area (Å²) >= 11 is 0. The molecule has 1 atom stereocenters. The molecule has 0 spiro atoms. The Morgan fingerprint density at radius 3 is 3.09 bits per heavy atom. The average Bonchev–Trinajstić information content (AvgIpc) is 2.37. The number of rotatable bonds is 4. The first kappa shape index (κ1) is 8.75. The van der Waals surface area contributed by atoms with E-state index < -0.39 is 0 Å². The van der Waals surface area contributed by atoms with Gasteiger partial charge in [-0.05, 0) is 24.8 Å². The molecule has 0 heterocycles. The molecule has 0 aromatic rings. The molecule has 2 nitrogen and oxygen atoms in total. The minimum Gasteiger partial charge on any atom is -0.389 e. The Bertz CT molecular complexity index is 140. The van der Waals surface area contributed by atoms with Crippen molar-refractivity contribution in [3.8, 4) is 0 Å². The van der Waals surface area contributed by atoms with Gasteiger partial charge in [0.25, 0.3) is 0 Å². The smallest absolute Gasteiger partial charge is 0.0727 e. The highest BCUT2D eigenvalue weighted by molar-refractivity contribution is 5.11. The van der Waals surface area contributed by atoms with Gasteiger partial charge in [-0.1, -0.05) is 13.0 Å². The van der Waals surface area contributed by atoms with Gasteiger partial charge in [-0.3, -0.25) is 0 Å². The molecule has 1 N–H and O–H groups in total. The topological polar surface area (TPSA) is 29.5 Å². The summed E-state index contributed by atoms with van der Waals surface area (Å²) < 4.78 is 5.34. The highest BCUT2D eigenvalue weighted by Gasteiger charge is 2.11. The van der Waals surface area contributed by atoms with Crippen LogP contribution in [-0.4, -0.2) is 24.4 Å². The second-order valence-corrected chi connectivity index (χ2v) is 2.98. The first-order valence-corrected chi connectivity index (χ1v) is 4.28. The van der Waals surface area contributed by atoms with E-state index >= 15 is 0 Å². The standard InChI is InChI=1S/C9H16O2/c1-2-5-11-7-8-3-4-9(10)6-8/h6,9-10H,2-5,7H2,1H3. The van der Waals surface area contributed by atoms with Crippen molar-refractivity contribution < 1.29 is 9.84 Å². The molecule has 1 aliphatic carbocycles. The van der Waals surface area contributed by atoms with Gasteiger partial charge in [-0.15, -0.1) is 0 Å². The van der Waals surface area contributed by atoms with E-state index in [0.717, 1.165) is 25.9 Å². The fraction of sp³-hybridized carbons (Fsp3) is 0.778. The van der Waals surface area contributed by atoms with E-state index in [1.165, 1.54) is 5.57 Å². The van der Waals surface area contributed by atoms with Crippen LogP contribution in [0.1, 0.15) is 26.2 Å². The fourth-order valence-electron chi connectivity index (χ4n) is 1.24. The summed E-state index contributed by atoms with van der Waals surface area (Å²) in [7, 11) is 0. The summed E-state index contributed by atoms with van der Waals surface area (Å²) in [5, 5.41) is 9.12. The Labute approximate surface area is 67.9 Å². The third-order valence-electron chi connectivity index (χ3n) is 1.83. The number of hydrogen-bond donors (Lipinski definition) is 1. The summed E-state index contributed by atoms with van der Waals surface area (Å²) in [6.45, 7) is 3.64. The molecule has 2 heteroatoms. The second-order valence-electron chi connectivity index (χ2n) is 2.98. The van der Waals surface area contributed by atoms with Crippen LogP contribution in [0, 0.1) is 0 Å². The molecule has 11 heavy (non-hydrogen) atoms. The molecule has 0 aromatic carbocycles. The molecule has 0 amide bonds. The zero-order chi connectivity index (χ0) is 8.10. The number of aliphatic hydroxyl groups is 1. The van der Waals surface area contributed by atoms with Crippen LogP contribution in [0.5, 0.6) is 0 Å². The SMILES string of the molecule is CCCOCC1=CC(O)CC1. The Balaban J connectivity index is 2.12. The lowest BCUT2D eigenvalue weighted by molar-refractivity contribution is 0.155. The quantitative estimate of drug-likeness (QED) is 0.493. The molecular weight excluding hydrogens is 140 g/mol. The van der Waals surface area contributed by atoms with E-state index in [0.29, 0.717) is 6.61 Å². The van der Waals surface area contributed by atoms with Crippen LogP contribution < -0.4 is 0 Å². The van der Waals surface area contributed by atoms with E-state index in [1.54, 1.807) is 0 Å². The second kappa shape index (κ2) is 4.52. The molecule has 0 saturated heterocycles. The van der Waals surface area contributed by atoms with Gasteiger partial charge in [0.15, 0.2) is 0 Å². The summed E-state index contributed by atoms with van der Waals surface area (Å²) in [5.41, 5.74) is 1.26. The Morgan fingerprint density at radius 2 is 2.55 bits per heavy atom. The lowest BCUT2D eigenvalue weighted by atomic mass is 10.2. The van der Waals surface area contributed by atoms with Gasteiger partial charge in [-0.2, -0.15) is 0 Å². The van der Waals surface area contributed by atoms with Crippen LogP contribution in [-0.2, 0) is 4.74 Å². The summed E-state index contributed by atoms with van der Waals surface area (Å²) in [6.07, 6.45) is 4.65. The summed E-state index contributed by atoms with van der Waals surface area (Å²) in [5.74, 6) is 0. The van der Waals surface area contributed by atoms with Crippen LogP contribution in [0.15, 0.2) is 11.6 Å². The van der Waals surface area contributed by atoms with Gasteiger partial charge in [0.05, 0.1) is 12.7 Å². The molecule has 0 bridgehead atoms. The molecule has 1 rings (SSSR count). The summed E-state index contributed by atoms with van der Waals surface area (Å²) in [6, 6.07) is 0. The normalized spacial score (nSPS) is 23.8. The predicted octanol–water partition coefficient (Wildman–Crippen LogP) is 1.49. The molecule has 0 aromatic heterocycles. The van der Waals surface area contributed by atoms with E-state index in [-0.39, 0.29) is 6.10 Å². The minimum atomic E-state index is -0.213. The van der Waals surface area contributed by atoms with Crippen molar-refractivity contribution in [3.63, 3.8) is 0 Å². The lowest BCUT2D eigenvalue weighted by Gasteiger charge is -2.01. The van der Waals surface area contributed by atoms with Crippen LogP contribution in [0.2, 0.25) is 0 Å². The zero-order valence-corrected chi connectivity index (χ0v) is 7.05. The van der Waals surface area contributed by atoms with Gasteiger partial charge in [-0.25, -0.2) is 0 Å². The zero-order valence-electron chi connectivity index (χ0n) is 7.05. The van der Waals surface area contributed by atoms with Gasteiger partial charge >= 0.3 is 0 Å². The third kappa shape index (κ3) is 3.04. The third-order valence-corrected chi connectivity index (χ3v) is 1.83. The Morgan fingerprint density at radius 1 is 1.73 bits per heavy atom. The molecule has 0 fully saturated rings. The molecule has 0 aliphatic heterocycles. The lowest BCUT2D eigenvalue weighted by Crippen LogP contribution is -1.97. The highest BCUT2D eigenvalue weighted by atomic mass is 16.5. The molecular formula is C9H16O2. The van der Waals surface area contributed by atoms with E-state index in [9.17, 15) is 0 Å². The van der Waals surface area contributed by atoms with Crippen LogP contribution in [0.4, 0.5) is 0 Å². The van der Waals surface area contributed by atoms with E-state index in [4.69, 9.17) is 9.84 Å². The highest BCUT2D eigenvalue weighted by Crippen LogP contribution is 2.18. The van der Waals surface area contributed by atoms with Gasteiger partial charge in [0, 0.05) is 6.61 Å². The van der Waals surface area contributed by atoms with E-state index in [1.807, 2.05) is 6.08 Å². The molecule has 1 aliphatic rings. The Hall–Kier alpha value is -0.340. The first-order valence-electron chi connectivity index (χ1n) is 4.28. The largest absolute Gasteiger partial charge is 0.389 e. The number of hydrogen-bond acceptors (Lipinski definition) is 2. The predicted molar refractivity (Wildman–Crippen MR) is 44.4 cm³/mol. The minimum absolute atomic E-state index is 0.213. The summed E-state index contributed by atoms with van der Waals surface area (Å²) in [4.78, 5) is 0. The van der Waals surface area contributed by atoms with Gasteiger partial charge in [0.2, 0.25) is 0 Å². The van der Waals surface area contributed by atoms with Gasteiger partial charge < -0.3 is 9.84 Å². The van der Waals surface area contributed by atoms with Crippen molar-refractivity contribution >= 4 is 0 Å². The maximum Gasteiger partial charge on any atom is 0.0727 e. The van der Waals surface area contributed by atoms with E-state index in [2.05, 4.69) is 6.92 Å². The van der Waals surface area contributed by atoms with Crippen LogP contribution >= 0.6 is 0 Å². The molecule has 0 saturated carbocycles. The Kier molecular flexibility index (Phi) is 3.60.